The average molecular weight is 221 g/mol. The lowest BCUT2D eigenvalue weighted by Crippen LogP contribution is -2.31. The van der Waals surface area contributed by atoms with Gasteiger partial charge in [0.15, 0.2) is 0 Å². The molecule has 0 aromatic heterocycles. The fourth-order valence-electron chi connectivity index (χ4n) is 1.53. The van der Waals surface area contributed by atoms with Crippen LogP contribution in [-0.4, -0.2) is 22.6 Å². The molecule has 4 heteroatoms. The Bertz CT molecular complexity index is 369. The van der Waals surface area contributed by atoms with Gasteiger partial charge in [-0.25, -0.2) is 4.89 Å². The lowest BCUT2D eigenvalue weighted by Gasteiger charge is -2.24. The van der Waals surface area contributed by atoms with E-state index in [0.717, 1.165) is 5.56 Å². The minimum Gasteiger partial charge on any atom is -0.396 e. The molecule has 0 fully saturated rings. The van der Waals surface area contributed by atoms with Crippen molar-refractivity contribution in [3.05, 3.63) is 35.4 Å². The van der Waals surface area contributed by atoms with Crippen LogP contribution in [0.25, 0.3) is 0 Å². The Kier molecular flexibility index (Phi) is 4.44. The molecule has 0 amide bonds. The Morgan fingerprint density at radius 2 is 2.00 bits per heavy atom. The van der Waals surface area contributed by atoms with Gasteiger partial charge in [0, 0.05) is 19.4 Å². The maximum Gasteiger partial charge on any atom is 0.107 e. The predicted octanol–water partition coefficient (Wildman–Crippen LogP) is 1.73. The van der Waals surface area contributed by atoms with Gasteiger partial charge < -0.3 is 5.11 Å². The van der Waals surface area contributed by atoms with Crippen molar-refractivity contribution in [2.45, 2.75) is 25.4 Å². The molecule has 1 aromatic rings. The van der Waals surface area contributed by atoms with Crippen molar-refractivity contribution < 1.29 is 15.3 Å². The number of aliphatic hydroxyl groups is 1. The fourth-order valence-corrected chi connectivity index (χ4v) is 1.53. The zero-order valence-electron chi connectivity index (χ0n) is 9.18. The molecule has 0 saturated carbocycles. The van der Waals surface area contributed by atoms with Crippen LogP contribution >= 0.6 is 0 Å². The summed E-state index contributed by atoms with van der Waals surface area (Å²) in [7, 11) is 0. The first-order chi connectivity index (χ1) is 7.63. The molecule has 0 bridgehead atoms. The van der Waals surface area contributed by atoms with E-state index < -0.39 is 5.60 Å². The summed E-state index contributed by atoms with van der Waals surface area (Å²) in [6.45, 7) is 1.68. The quantitative estimate of drug-likeness (QED) is 0.586. The zero-order chi connectivity index (χ0) is 12.0. The van der Waals surface area contributed by atoms with Gasteiger partial charge in [0.2, 0.25) is 0 Å². The fraction of sp³-hybridized carbons (Fsp3) is 0.417. The van der Waals surface area contributed by atoms with Crippen molar-refractivity contribution in [1.29, 1.82) is 5.26 Å². The van der Waals surface area contributed by atoms with Crippen molar-refractivity contribution >= 4 is 0 Å². The molecular formula is C12H15NO3. The van der Waals surface area contributed by atoms with E-state index in [1.165, 1.54) is 0 Å². The Balaban J connectivity index is 2.75. The summed E-state index contributed by atoms with van der Waals surface area (Å²) in [6, 6.07) is 9.09. The van der Waals surface area contributed by atoms with Crippen LogP contribution in [0.15, 0.2) is 24.3 Å². The lowest BCUT2D eigenvalue weighted by molar-refractivity contribution is -0.320. The number of aliphatic hydroxyl groups excluding tert-OH is 1. The number of hydrogen-bond acceptors (Lipinski definition) is 4. The molecule has 4 nitrogen and oxygen atoms in total. The van der Waals surface area contributed by atoms with E-state index in [4.69, 9.17) is 15.6 Å². The van der Waals surface area contributed by atoms with Gasteiger partial charge in [-0.3, -0.25) is 5.26 Å². The van der Waals surface area contributed by atoms with E-state index in [2.05, 4.69) is 4.89 Å². The molecule has 2 N–H and O–H groups in total. The second-order valence-corrected chi connectivity index (χ2v) is 4.00. The molecule has 1 atom stereocenters. The standard InChI is InChI=1S/C12H15NO3/c1-12(16-15,6-7-14)8-10-2-4-11(9-13)5-3-10/h2-5,14-15H,6-8H2,1H3/t12-/m1/s1. The third kappa shape index (κ3) is 3.31. The van der Waals surface area contributed by atoms with Crippen molar-refractivity contribution in [3.63, 3.8) is 0 Å². The van der Waals surface area contributed by atoms with Crippen LogP contribution in [0.2, 0.25) is 0 Å². The van der Waals surface area contributed by atoms with Crippen molar-refractivity contribution in [2.24, 2.45) is 0 Å². The summed E-state index contributed by atoms with van der Waals surface area (Å²) in [5.41, 5.74) is 0.754. The average Bonchev–Trinajstić information content (AvgIpc) is 2.30. The molecule has 0 radical (unpaired) electrons. The normalized spacial score (nSPS) is 14.1. The van der Waals surface area contributed by atoms with E-state index in [0.29, 0.717) is 18.4 Å². The molecule has 0 spiro atoms. The van der Waals surface area contributed by atoms with Gasteiger partial charge in [0.05, 0.1) is 11.6 Å². The first kappa shape index (κ1) is 12.7. The summed E-state index contributed by atoms with van der Waals surface area (Å²) in [6.07, 6.45) is 0.833. The van der Waals surface area contributed by atoms with E-state index in [1.807, 2.05) is 18.2 Å². The maximum atomic E-state index is 8.86. The van der Waals surface area contributed by atoms with Gasteiger partial charge in [-0.2, -0.15) is 5.26 Å². The summed E-state index contributed by atoms with van der Waals surface area (Å²) >= 11 is 0. The third-order valence-electron chi connectivity index (χ3n) is 2.52. The Morgan fingerprint density at radius 1 is 1.38 bits per heavy atom. The second kappa shape index (κ2) is 5.61. The van der Waals surface area contributed by atoms with Gasteiger partial charge in [0.25, 0.3) is 0 Å². The molecule has 86 valence electrons. The van der Waals surface area contributed by atoms with Gasteiger partial charge in [-0.1, -0.05) is 12.1 Å². The first-order valence-electron chi connectivity index (χ1n) is 5.06. The lowest BCUT2D eigenvalue weighted by atomic mass is 9.93. The molecule has 0 aliphatic carbocycles. The van der Waals surface area contributed by atoms with Crippen molar-refractivity contribution in [2.75, 3.05) is 6.61 Å². The number of rotatable bonds is 5. The molecule has 1 aromatic carbocycles. The minimum atomic E-state index is -0.789. The Morgan fingerprint density at radius 3 is 2.44 bits per heavy atom. The monoisotopic (exact) mass is 221 g/mol. The smallest absolute Gasteiger partial charge is 0.107 e. The number of nitriles is 1. The first-order valence-corrected chi connectivity index (χ1v) is 5.06. The van der Waals surface area contributed by atoms with Crippen LogP contribution in [0.5, 0.6) is 0 Å². The summed E-state index contributed by atoms with van der Waals surface area (Å²) in [4.78, 5) is 4.41. The summed E-state index contributed by atoms with van der Waals surface area (Å²) in [5, 5.41) is 26.3. The van der Waals surface area contributed by atoms with Crippen LogP contribution in [0.1, 0.15) is 24.5 Å². The second-order valence-electron chi connectivity index (χ2n) is 4.00. The third-order valence-corrected chi connectivity index (χ3v) is 2.52. The van der Waals surface area contributed by atoms with E-state index in [9.17, 15) is 0 Å². The molecule has 16 heavy (non-hydrogen) atoms. The van der Waals surface area contributed by atoms with Crippen LogP contribution in [0.4, 0.5) is 0 Å². The molecule has 0 unspecified atom stereocenters. The summed E-state index contributed by atoms with van der Waals surface area (Å²) < 4.78 is 0. The van der Waals surface area contributed by atoms with Crippen LogP contribution in [-0.2, 0) is 11.3 Å². The summed E-state index contributed by atoms with van der Waals surface area (Å²) in [5.74, 6) is 0. The topological polar surface area (TPSA) is 73.5 Å². The van der Waals surface area contributed by atoms with E-state index in [-0.39, 0.29) is 6.61 Å². The molecular weight excluding hydrogens is 206 g/mol. The Labute approximate surface area is 94.6 Å². The minimum absolute atomic E-state index is 0.0483. The van der Waals surface area contributed by atoms with Gasteiger partial charge >= 0.3 is 0 Å². The maximum absolute atomic E-state index is 8.86. The molecule has 0 heterocycles. The molecule has 0 aliphatic rings. The SMILES string of the molecule is C[C@@](CCO)(Cc1ccc(C#N)cc1)OO. The van der Waals surface area contributed by atoms with Crippen molar-refractivity contribution in [3.8, 4) is 6.07 Å². The number of nitrogens with zero attached hydrogens (tertiary/aromatic N) is 1. The van der Waals surface area contributed by atoms with Crippen LogP contribution in [0, 0.1) is 11.3 Å². The Hall–Kier alpha value is -1.41. The largest absolute Gasteiger partial charge is 0.396 e. The molecule has 0 aliphatic heterocycles. The zero-order valence-corrected chi connectivity index (χ0v) is 9.18. The number of hydrogen-bond donors (Lipinski definition) is 2. The molecule has 1 rings (SSSR count). The highest BCUT2D eigenvalue weighted by Gasteiger charge is 2.25. The van der Waals surface area contributed by atoms with Gasteiger partial charge in [-0.15, -0.1) is 0 Å². The van der Waals surface area contributed by atoms with E-state index in [1.54, 1.807) is 19.1 Å². The predicted molar refractivity (Wildman–Crippen MR) is 58.7 cm³/mol. The highest BCUT2D eigenvalue weighted by atomic mass is 17.1. The van der Waals surface area contributed by atoms with Crippen LogP contribution in [0.3, 0.4) is 0 Å². The number of benzene rings is 1. The van der Waals surface area contributed by atoms with Crippen LogP contribution < -0.4 is 0 Å². The highest BCUT2D eigenvalue weighted by molar-refractivity contribution is 5.32. The highest BCUT2D eigenvalue weighted by Crippen LogP contribution is 2.20. The van der Waals surface area contributed by atoms with Gasteiger partial charge in [0.1, 0.15) is 5.60 Å². The van der Waals surface area contributed by atoms with E-state index >= 15 is 0 Å². The van der Waals surface area contributed by atoms with Gasteiger partial charge in [-0.05, 0) is 24.6 Å². The molecule has 0 saturated heterocycles. The van der Waals surface area contributed by atoms with Crippen molar-refractivity contribution in [1.82, 2.24) is 0 Å².